The second-order valence-corrected chi connectivity index (χ2v) is 4.86. The van der Waals surface area contributed by atoms with Crippen LogP contribution < -0.4 is 0 Å². The molecule has 4 heteroatoms. The molecule has 3 nitrogen and oxygen atoms in total. The van der Waals surface area contributed by atoms with E-state index in [1.807, 2.05) is 12.1 Å². The molecule has 0 aromatic carbocycles. The fraction of sp³-hybridized carbons (Fsp3) is 0.583. The largest absolute Gasteiger partial charge is 0.395 e. The van der Waals surface area contributed by atoms with Crippen LogP contribution in [0.15, 0.2) is 18.3 Å². The highest BCUT2D eigenvalue weighted by molar-refractivity contribution is 6.29. The molecule has 0 amide bonds. The molecule has 1 aromatic rings. The van der Waals surface area contributed by atoms with E-state index in [1.54, 1.807) is 6.20 Å². The Kier molecular flexibility index (Phi) is 3.79. The van der Waals surface area contributed by atoms with Crippen LogP contribution in [0.5, 0.6) is 0 Å². The number of aliphatic hydroxyl groups excluding tert-OH is 1. The van der Waals surface area contributed by atoms with Crippen LogP contribution in [0.2, 0.25) is 5.15 Å². The SMILES string of the molecule is CC1CCN(Cc2ccnc(Cl)c2)C1CO. The highest BCUT2D eigenvalue weighted by atomic mass is 35.5. The first-order chi connectivity index (χ1) is 7.70. The normalized spacial score (nSPS) is 26.2. The third-order valence-corrected chi connectivity index (χ3v) is 3.57. The van der Waals surface area contributed by atoms with Crippen molar-refractivity contribution >= 4 is 11.6 Å². The van der Waals surface area contributed by atoms with Gasteiger partial charge in [-0.1, -0.05) is 18.5 Å². The molecule has 2 unspecified atom stereocenters. The Morgan fingerprint density at radius 2 is 2.44 bits per heavy atom. The van der Waals surface area contributed by atoms with Crippen LogP contribution in [0, 0.1) is 5.92 Å². The molecule has 2 heterocycles. The van der Waals surface area contributed by atoms with Crippen LogP contribution in [0.1, 0.15) is 18.9 Å². The van der Waals surface area contributed by atoms with Gasteiger partial charge in [-0.2, -0.15) is 0 Å². The number of rotatable bonds is 3. The van der Waals surface area contributed by atoms with Crippen molar-refractivity contribution in [3.8, 4) is 0 Å². The fourth-order valence-corrected chi connectivity index (χ4v) is 2.55. The van der Waals surface area contributed by atoms with E-state index >= 15 is 0 Å². The summed E-state index contributed by atoms with van der Waals surface area (Å²) in [6.07, 6.45) is 2.88. The standard InChI is InChI=1S/C12H17ClN2O/c1-9-3-5-15(11(9)8-16)7-10-2-4-14-12(13)6-10/h2,4,6,9,11,16H,3,5,7-8H2,1H3. The Bertz CT molecular complexity index is 359. The van der Waals surface area contributed by atoms with Crippen LogP contribution in [0.4, 0.5) is 0 Å². The number of aliphatic hydroxyl groups is 1. The Morgan fingerprint density at radius 1 is 1.62 bits per heavy atom. The first-order valence-electron chi connectivity index (χ1n) is 5.66. The molecular weight excluding hydrogens is 224 g/mol. The molecule has 0 saturated carbocycles. The Labute approximate surface area is 101 Å². The number of hydrogen-bond acceptors (Lipinski definition) is 3. The Hall–Kier alpha value is -0.640. The molecule has 0 bridgehead atoms. The molecule has 1 saturated heterocycles. The first-order valence-corrected chi connectivity index (χ1v) is 6.04. The van der Waals surface area contributed by atoms with Crippen LogP contribution >= 0.6 is 11.6 Å². The molecule has 1 aliphatic heterocycles. The summed E-state index contributed by atoms with van der Waals surface area (Å²) < 4.78 is 0. The molecule has 0 radical (unpaired) electrons. The highest BCUT2D eigenvalue weighted by Gasteiger charge is 2.30. The van der Waals surface area contributed by atoms with Crippen LogP contribution in [0.25, 0.3) is 0 Å². The minimum absolute atomic E-state index is 0.236. The molecule has 88 valence electrons. The molecule has 1 aliphatic rings. The van der Waals surface area contributed by atoms with Gasteiger partial charge in [0.15, 0.2) is 0 Å². The average molecular weight is 241 g/mol. The topological polar surface area (TPSA) is 36.4 Å². The smallest absolute Gasteiger partial charge is 0.129 e. The van der Waals surface area contributed by atoms with Gasteiger partial charge in [0.2, 0.25) is 0 Å². The molecule has 1 aromatic heterocycles. The zero-order chi connectivity index (χ0) is 11.5. The second-order valence-electron chi connectivity index (χ2n) is 4.47. The summed E-state index contributed by atoms with van der Waals surface area (Å²) in [4.78, 5) is 6.28. The molecule has 2 rings (SSSR count). The van der Waals surface area contributed by atoms with E-state index in [2.05, 4.69) is 16.8 Å². The number of hydrogen-bond donors (Lipinski definition) is 1. The minimum Gasteiger partial charge on any atom is -0.395 e. The zero-order valence-electron chi connectivity index (χ0n) is 9.43. The molecule has 1 fully saturated rings. The lowest BCUT2D eigenvalue weighted by atomic mass is 10.0. The quantitative estimate of drug-likeness (QED) is 0.821. The van der Waals surface area contributed by atoms with Crippen molar-refractivity contribution < 1.29 is 5.11 Å². The van der Waals surface area contributed by atoms with Crippen molar-refractivity contribution in [3.63, 3.8) is 0 Å². The van der Waals surface area contributed by atoms with E-state index < -0.39 is 0 Å². The second kappa shape index (κ2) is 5.13. The van der Waals surface area contributed by atoms with Crippen molar-refractivity contribution in [1.82, 2.24) is 9.88 Å². The average Bonchev–Trinajstić information content (AvgIpc) is 2.59. The number of aromatic nitrogens is 1. The summed E-state index contributed by atoms with van der Waals surface area (Å²) in [5.74, 6) is 0.572. The van der Waals surface area contributed by atoms with E-state index in [4.69, 9.17) is 11.6 Å². The number of nitrogens with zero attached hydrogens (tertiary/aromatic N) is 2. The third kappa shape index (κ3) is 2.54. The van der Waals surface area contributed by atoms with Gasteiger partial charge >= 0.3 is 0 Å². The molecular formula is C12H17ClN2O. The number of pyridine rings is 1. The summed E-state index contributed by atoms with van der Waals surface area (Å²) in [6.45, 7) is 4.32. The van der Waals surface area contributed by atoms with Gasteiger partial charge in [0, 0.05) is 18.8 Å². The van der Waals surface area contributed by atoms with Gasteiger partial charge in [-0.3, -0.25) is 4.90 Å². The maximum absolute atomic E-state index is 9.36. The van der Waals surface area contributed by atoms with Crippen molar-refractivity contribution in [2.24, 2.45) is 5.92 Å². The van der Waals surface area contributed by atoms with Gasteiger partial charge in [0.05, 0.1) is 6.61 Å². The van der Waals surface area contributed by atoms with Crippen LogP contribution in [-0.2, 0) is 6.54 Å². The monoisotopic (exact) mass is 240 g/mol. The van der Waals surface area contributed by atoms with Gasteiger partial charge < -0.3 is 5.11 Å². The Balaban J connectivity index is 2.04. The lowest BCUT2D eigenvalue weighted by Gasteiger charge is -2.24. The van der Waals surface area contributed by atoms with Gasteiger partial charge in [-0.05, 0) is 36.6 Å². The summed E-state index contributed by atoms with van der Waals surface area (Å²) in [7, 11) is 0. The maximum Gasteiger partial charge on any atom is 0.129 e. The predicted octanol–water partition coefficient (Wildman–Crippen LogP) is 1.94. The third-order valence-electron chi connectivity index (χ3n) is 3.36. The van der Waals surface area contributed by atoms with Gasteiger partial charge in [-0.15, -0.1) is 0 Å². The van der Waals surface area contributed by atoms with Crippen LogP contribution in [0.3, 0.4) is 0 Å². The number of likely N-dealkylation sites (tertiary alicyclic amines) is 1. The highest BCUT2D eigenvalue weighted by Crippen LogP contribution is 2.25. The summed E-state index contributed by atoms with van der Waals surface area (Å²) in [6, 6.07) is 4.15. The van der Waals surface area contributed by atoms with E-state index in [9.17, 15) is 5.11 Å². The van der Waals surface area contributed by atoms with Crippen molar-refractivity contribution in [2.45, 2.75) is 25.9 Å². The summed E-state index contributed by atoms with van der Waals surface area (Å²) in [5.41, 5.74) is 1.16. The van der Waals surface area contributed by atoms with Gasteiger partial charge in [0.25, 0.3) is 0 Å². The summed E-state index contributed by atoms with van der Waals surface area (Å²) in [5, 5.41) is 9.89. The van der Waals surface area contributed by atoms with Crippen molar-refractivity contribution in [3.05, 3.63) is 29.0 Å². The Morgan fingerprint density at radius 3 is 3.12 bits per heavy atom. The predicted molar refractivity (Wildman–Crippen MR) is 64.3 cm³/mol. The maximum atomic E-state index is 9.36. The van der Waals surface area contributed by atoms with Gasteiger partial charge in [-0.25, -0.2) is 4.98 Å². The molecule has 0 aliphatic carbocycles. The molecule has 16 heavy (non-hydrogen) atoms. The zero-order valence-corrected chi connectivity index (χ0v) is 10.2. The number of halogens is 1. The summed E-state index contributed by atoms with van der Waals surface area (Å²) >= 11 is 5.85. The molecule has 1 N–H and O–H groups in total. The minimum atomic E-state index is 0.236. The lowest BCUT2D eigenvalue weighted by molar-refractivity contribution is 0.134. The van der Waals surface area contributed by atoms with Crippen LogP contribution in [-0.4, -0.2) is 34.2 Å². The van der Waals surface area contributed by atoms with E-state index in [0.717, 1.165) is 25.1 Å². The fourth-order valence-electron chi connectivity index (χ4n) is 2.35. The van der Waals surface area contributed by atoms with E-state index in [1.165, 1.54) is 0 Å². The first kappa shape index (κ1) is 11.8. The van der Waals surface area contributed by atoms with E-state index in [0.29, 0.717) is 11.1 Å². The molecule has 0 spiro atoms. The van der Waals surface area contributed by atoms with Crippen molar-refractivity contribution in [1.29, 1.82) is 0 Å². The van der Waals surface area contributed by atoms with Crippen molar-refractivity contribution in [2.75, 3.05) is 13.2 Å². The molecule has 2 atom stereocenters. The van der Waals surface area contributed by atoms with Gasteiger partial charge in [0.1, 0.15) is 5.15 Å². The van der Waals surface area contributed by atoms with E-state index in [-0.39, 0.29) is 12.6 Å². The lowest BCUT2D eigenvalue weighted by Crippen LogP contribution is -2.34.